The van der Waals surface area contributed by atoms with E-state index in [4.69, 9.17) is 0 Å². The maximum atomic E-state index is 4.30. The molecule has 0 aromatic carbocycles. The summed E-state index contributed by atoms with van der Waals surface area (Å²) in [4.78, 5) is 6.79. The molecule has 0 aliphatic carbocycles. The molecular formula is C14H23N3S. The average Bonchev–Trinajstić information content (AvgIpc) is 2.65. The number of nitrogens with one attached hydrogen (secondary N) is 1. The van der Waals surface area contributed by atoms with Gasteiger partial charge >= 0.3 is 0 Å². The van der Waals surface area contributed by atoms with Crippen LogP contribution in [0.5, 0.6) is 0 Å². The lowest BCUT2D eigenvalue weighted by atomic mass is 10.2. The lowest BCUT2D eigenvalue weighted by Gasteiger charge is -2.25. The third-order valence-electron chi connectivity index (χ3n) is 3.15. The van der Waals surface area contributed by atoms with Crippen molar-refractivity contribution in [3.63, 3.8) is 0 Å². The predicted octanol–water partition coefficient (Wildman–Crippen LogP) is 2.52. The Balaban J connectivity index is 2.09. The van der Waals surface area contributed by atoms with Gasteiger partial charge in [0.05, 0.1) is 11.9 Å². The minimum absolute atomic E-state index is 0.519. The minimum atomic E-state index is 0.519. The molecule has 1 saturated heterocycles. The third kappa shape index (κ3) is 3.89. The molecule has 0 saturated carbocycles. The Morgan fingerprint density at radius 2 is 2.28 bits per heavy atom. The molecule has 0 bridgehead atoms. The van der Waals surface area contributed by atoms with Crippen LogP contribution in [0.15, 0.2) is 18.5 Å². The van der Waals surface area contributed by atoms with Gasteiger partial charge in [-0.05, 0) is 23.8 Å². The number of pyridine rings is 1. The summed E-state index contributed by atoms with van der Waals surface area (Å²) in [6, 6.07) is 2.66. The standard InChI is InChI=1S/C14H23N3S/c1-12(2)16-10-13-4-5-15-11-14(13)17-6-3-8-18-9-7-17/h4-5,11-12,16H,3,6-10H2,1-2H3. The van der Waals surface area contributed by atoms with Crippen LogP contribution in [0.25, 0.3) is 0 Å². The Labute approximate surface area is 114 Å². The third-order valence-corrected chi connectivity index (χ3v) is 4.20. The molecule has 0 spiro atoms. The van der Waals surface area contributed by atoms with E-state index in [0.717, 1.165) is 19.6 Å². The fourth-order valence-corrected chi connectivity index (χ4v) is 3.04. The summed E-state index contributed by atoms with van der Waals surface area (Å²) in [5.41, 5.74) is 2.68. The van der Waals surface area contributed by atoms with E-state index in [1.165, 1.54) is 29.2 Å². The van der Waals surface area contributed by atoms with Crippen molar-refractivity contribution in [2.75, 3.05) is 29.5 Å². The molecule has 2 rings (SSSR count). The van der Waals surface area contributed by atoms with Gasteiger partial charge in [0, 0.05) is 37.6 Å². The normalized spacial score (nSPS) is 16.9. The molecule has 1 aromatic heterocycles. The molecule has 0 radical (unpaired) electrons. The molecular weight excluding hydrogens is 242 g/mol. The Kier molecular flexibility index (Phi) is 5.32. The zero-order chi connectivity index (χ0) is 12.8. The van der Waals surface area contributed by atoms with E-state index >= 15 is 0 Å². The monoisotopic (exact) mass is 265 g/mol. The highest BCUT2D eigenvalue weighted by atomic mass is 32.2. The van der Waals surface area contributed by atoms with Gasteiger partial charge in [0.2, 0.25) is 0 Å². The second-order valence-corrected chi connectivity index (χ2v) is 6.22. The van der Waals surface area contributed by atoms with Crippen molar-refractivity contribution in [2.24, 2.45) is 0 Å². The molecule has 0 amide bonds. The van der Waals surface area contributed by atoms with Crippen LogP contribution in [0.1, 0.15) is 25.8 Å². The molecule has 1 aliphatic rings. The molecule has 1 aromatic rings. The van der Waals surface area contributed by atoms with Crippen LogP contribution in [0.3, 0.4) is 0 Å². The highest BCUT2D eigenvalue weighted by Crippen LogP contribution is 2.22. The molecule has 0 unspecified atom stereocenters. The van der Waals surface area contributed by atoms with Gasteiger partial charge in [-0.1, -0.05) is 13.8 Å². The molecule has 18 heavy (non-hydrogen) atoms. The first kappa shape index (κ1) is 13.7. The van der Waals surface area contributed by atoms with Gasteiger partial charge in [-0.3, -0.25) is 4.98 Å². The van der Waals surface area contributed by atoms with Gasteiger partial charge in [-0.25, -0.2) is 0 Å². The van der Waals surface area contributed by atoms with Crippen LogP contribution in [0.4, 0.5) is 5.69 Å². The zero-order valence-corrected chi connectivity index (χ0v) is 12.2. The topological polar surface area (TPSA) is 28.2 Å². The molecule has 1 fully saturated rings. The smallest absolute Gasteiger partial charge is 0.0598 e. The SMILES string of the molecule is CC(C)NCc1ccncc1N1CCCSCC1. The van der Waals surface area contributed by atoms with Crippen molar-refractivity contribution < 1.29 is 0 Å². The van der Waals surface area contributed by atoms with E-state index in [1.807, 2.05) is 12.4 Å². The first-order chi connectivity index (χ1) is 8.77. The van der Waals surface area contributed by atoms with Gasteiger partial charge in [-0.2, -0.15) is 11.8 Å². The Morgan fingerprint density at radius 3 is 3.11 bits per heavy atom. The second kappa shape index (κ2) is 7.00. The van der Waals surface area contributed by atoms with Crippen LogP contribution in [0.2, 0.25) is 0 Å². The summed E-state index contributed by atoms with van der Waals surface area (Å²) in [6.45, 7) is 7.60. The fraction of sp³-hybridized carbons (Fsp3) is 0.643. The second-order valence-electron chi connectivity index (χ2n) is 4.99. The Bertz CT molecular complexity index is 360. The predicted molar refractivity (Wildman–Crippen MR) is 80.4 cm³/mol. The molecule has 2 heterocycles. The van der Waals surface area contributed by atoms with Crippen molar-refractivity contribution in [1.29, 1.82) is 0 Å². The number of hydrogen-bond donors (Lipinski definition) is 1. The zero-order valence-electron chi connectivity index (χ0n) is 11.4. The fourth-order valence-electron chi connectivity index (χ4n) is 2.15. The van der Waals surface area contributed by atoms with E-state index in [1.54, 1.807) is 0 Å². The average molecular weight is 265 g/mol. The summed E-state index contributed by atoms with van der Waals surface area (Å²) in [6.07, 6.45) is 5.19. The summed E-state index contributed by atoms with van der Waals surface area (Å²) in [5, 5.41) is 3.50. The number of aromatic nitrogens is 1. The van der Waals surface area contributed by atoms with Crippen LogP contribution < -0.4 is 10.2 Å². The number of rotatable bonds is 4. The number of nitrogens with zero attached hydrogens (tertiary/aromatic N) is 2. The van der Waals surface area contributed by atoms with Gasteiger partial charge < -0.3 is 10.2 Å². The van der Waals surface area contributed by atoms with Gasteiger partial charge in [0.15, 0.2) is 0 Å². The maximum absolute atomic E-state index is 4.30. The van der Waals surface area contributed by atoms with Crippen molar-refractivity contribution in [3.05, 3.63) is 24.0 Å². The van der Waals surface area contributed by atoms with E-state index in [-0.39, 0.29) is 0 Å². The lowest BCUT2D eigenvalue weighted by molar-refractivity contribution is 0.587. The number of thioether (sulfide) groups is 1. The number of hydrogen-bond acceptors (Lipinski definition) is 4. The van der Waals surface area contributed by atoms with Crippen LogP contribution in [0, 0.1) is 0 Å². The summed E-state index contributed by atoms with van der Waals surface area (Å²) < 4.78 is 0. The van der Waals surface area contributed by atoms with Crippen LogP contribution in [-0.4, -0.2) is 35.6 Å². The Hall–Kier alpha value is -0.740. The summed E-state index contributed by atoms with van der Waals surface area (Å²) >= 11 is 2.06. The molecule has 1 aliphatic heterocycles. The van der Waals surface area contributed by atoms with E-state index < -0.39 is 0 Å². The van der Waals surface area contributed by atoms with E-state index in [0.29, 0.717) is 6.04 Å². The highest BCUT2D eigenvalue weighted by molar-refractivity contribution is 7.99. The van der Waals surface area contributed by atoms with Crippen molar-refractivity contribution in [3.8, 4) is 0 Å². The van der Waals surface area contributed by atoms with Crippen molar-refractivity contribution >= 4 is 17.4 Å². The first-order valence-electron chi connectivity index (χ1n) is 6.76. The van der Waals surface area contributed by atoms with Crippen LogP contribution >= 0.6 is 11.8 Å². The summed E-state index contributed by atoms with van der Waals surface area (Å²) in [5.74, 6) is 2.52. The molecule has 0 atom stereocenters. The Morgan fingerprint density at radius 1 is 1.39 bits per heavy atom. The molecule has 100 valence electrons. The molecule has 4 heteroatoms. The van der Waals surface area contributed by atoms with Gasteiger partial charge in [0.1, 0.15) is 0 Å². The maximum Gasteiger partial charge on any atom is 0.0598 e. The highest BCUT2D eigenvalue weighted by Gasteiger charge is 2.13. The van der Waals surface area contributed by atoms with Crippen LogP contribution in [-0.2, 0) is 6.54 Å². The summed E-state index contributed by atoms with van der Waals surface area (Å²) in [7, 11) is 0. The van der Waals surface area contributed by atoms with Gasteiger partial charge in [-0.15, -0.1) is 0 Å². The van der Waals surface area contributed by atoms with Gasteiger partial charge in [0.25, 0.3) is 0 Å². The van der Waals surface area contributed by atoms with Crippen molar-refractivity contribution in [2.45, 2.75) is 32.9 Å². The molecule has 3 nitrogen and oxygen atoms in total. The van der Waals surface area contributed by atoms with E-state index in [9.17, 15) is 0 Å². The number of anilines is 1. The molecule has 1 N–H and O–H groups in total. The largest absolute Gasteiger partial charge is 0.369 e. The lowest BCUT2D eigenvalue weighted by Crippen LogP contribution is -2.29. The quantitative estimate of drug-likeness (QED) is 0.905. The first-order valence-corrected chi connectivity index (χ1v) is 7.92. The minimum Gasteiger partial charge on any atom is -0.369 e. The van der Waals surface area contributed by atoms with E-state index in [2.05, 4.69) is 46.9 Å². The van der Waals surface area contributed by atoms with Crippen molar-refractivity contribution in [1.82, 2.24) is 10.3 Å².